The van der Waals surface area contributed by atoms with Gasteiger partial charge in [-0.1, -0.05) is 17.7 Å². The Morgan fingerprint density at radius 1 is 1.28 bits per heavy atom. The number of pyridine rings is 1. The minimum Gasteiger partial charge on any atom is -0.463 e. The summed E-state index contributed by atoms with van der Waals surface area (Å²) in [6, 6.07) is 7.19. The van der Waals surface area contributed by atoms with Crippen molar-refractivity contribution < 1.29 is 22.4 Å². The Kier molecular flexibility index (Phi) is 4.71. The fourth-order valence-electron chi connectivity index (χ4n) is 2.66. The van der Waals surface area contributed by atoms with Gasteiger partial charge in [-0.2, -0.15) is 18.3 Å². The number of amides is 1. The van der Waals surface area contributed by atoms with E-state index in [1.165, 1.54) is 18.4 Å². The quantitative estimate of drug-likeness (QED) is 0.538. The summed E-state index contributed by atoms with van der Waals surface area (Å²) in [4.78, 5) is 20.5. The molecule has 1 amide bonds. The smallest absolute Gasteiger partial charge is 0.433 e. The second kappa shape index (κ2) is 7.21. The van der Waals surface area contributed by atoms with Crippen LogP contribution in [0.25, 0.3) is 17.1 Å². The third-order valence-corrected chi connectivity index (χ3v) is 4.34. The lowest BCUT2D eigenvalue weighted by atomic mass is 10.2. The van der Waals surface area contributed by atoms with Crippen LogP contribution in [0.3, 0.4) is 0 Å². The van der Waals surface area contributed by atoms with Gasteiger partial charge in [0, 0.05) is 18.9 Å². The molecule has 7 nitrogen and oxygen atoms in total. The highest BCUT2D eigenvalue weighted by Crippen LogP contribution is 2.34. The number of carbonyl (C=O) groups is 1. The Bertz CT molecular complexity index is 1170. The van der Waals surface area contributed by atoms with E-state index in [-0.39, 0.29) is 34.4 Å². The van der Waals surface area contributed by atoms with Crippen LogP contribution in [-0.4, -0.2) is 25.5 Å². The number of aromatic nitrogens is 4. The maximum Gasteiger partial charge on any atom is 0.433 e. The number of hydrogen-bond donors (Lipinski definition) is 1. The van der Waals surface area contributed by atoms with Crippen LogP contribution < -0.4 is 5.32 Å². The average molecular weight is 422 g/mol. The Balaban J connectivity index is 1.76. The van der Waals surface area contributed by atoms with Crippen LogP contribution >= 0.6 is 11.6 Å². The summed E-state index contributed by atoms with van der Waals surface area (Å²) in [5, 5.41) is 6.01. The van der Waals surface area contributed by atoms with E-state index in [2.05, 4.69) is 20.4 Å². The van der Waals surface area contributed by atoms with E-state index in [0.717, 1.165) is 6.07 Å². The number of nitrogens with one attached hydrogen (secondary N) is 1. The van der Waals surface area contributed by atoms with Crippen LogP contribution in [0, 0.1) is 0 Å². The predicted octanol–water partition coefficient (Wildman–Crippen LogP) is 3.99. The molecule has 0 aliphatic carbocycles. The van der Waals surface area contributed by atoms with E-state index >= 15 is 0 Å². The molecule has 0 aliphatic rings. The van der Waals surface area contributed by atoms with Crippen LogP contribution in [0.4, 0.5) is 13.2 Å². The lowest BCUT2D eigenvalue weighted by Gasteiger charge is -2.09. The van der Waals surface area contributed by atoms with Crippen molar-refractivity contribution in [3.63, 3.8) is 0 Å². The molecule has 0 aliphatic heterocycles. The third-order valence-electron chi connectivity index (χ3n) is 3.99. The molecule has 4 heterocycles. The van der Waals surface area contributed by atoms with Gasteiger partial charge in [-0.05, 0) is 29.8 Å². The van der Waals surface area contributed by atoms with Gasteiger partial charge in [0.25, 0.3) is 5.91 Å². The van der Waals surface area contributed by atoms with Gasteiger partial charge in [0.05, 0.1) is 6.26 Å². The van der Waals surface area contributed by atoms with E-state index in [0.29, 0.717) is 10.1 Å². The van der Waals surface area contributed by atoms with Crippen LogP contribution in [0.1, 0.15) is 21.7 Å². The topological polar surface area (TPSA) is 85.3 Å². The van der Waals surface area contributed by atoms with E-state index in [4.69, 9.17) is 16.0 Å². The molecule has 0 fully saturated rings. The van der Waals surface area contributed by atoms with E-state index in [1.807, 2.05) is 0 Å². The maximum atomic E-state index is 13.6. The molecule has 29 heavy (non-hydrogen) atoms. The van der Waals surface area contributed by atoms with Crippen LogP contribution in [0.5, 0.6) is 0 Å². The molecule has 11 heteroatoms. The zero-order chi connectivity index (χ0) is 20.6. The fraction of sp³-hybridized carbons (Fsp3) is 0.111. The molecule has 4 aromatic rings. The van der Waals surface area contributed by atoms with E-state index < -0.39 is 17.8 Å². The van der Waals surface area contributed by atoms with Gasteiger partial charge in [-0.25, -0.2) is 9.50 Å². The van der Waals surface area contributed by atoms with Crippen LogP contribution in [-0.2, 0) is 12.7 Å². The normalized spacial score (nSPS) is 11.7. The summed E-state index contributed by atoms with van der Waals surface area (Å²) in [6.45, 7) is 0.105. The highest BCUT2D eigenvalue weighted by molar-refractivity contribution is 6.36. The Hall–Kier alpha value is -3.40. The van der Waals surface area contributed by atoms with Crippen molar-refractivity contribution in [3.05, 3.63) is 71.0 Å². The molecule has 0 atom stereocenters. The summed E-state index contributed by atoms with van der Waals surface area (Å²) < 4.78 is 46.4. The molecule has 0 saturated carbocycles. The number of rotatable bonds is 4. The summed E-state index contributed by atoms with van der Waals surface area (Å²) in [6.07, 6.45) is -0.332. The molecule has 4 rings (SSSR count). The monoisotopic (exact) mass is 421 g/mol. The van der Waals surface area contributed by atoms with Crippen molar-refractivity contribution >= 4 is 23.2 Å². The van der Waals surface area contributed by atoms with Gasteiger partial charge < -0.3 is 9.73 Å². The van der Waals surface area contributed by atoms with E-state index in [1.54, 1.807) is 24.5 Å². The van der Waals surface area contributed by atoms with Crippen molar-refractivity contribution in [1.82, 2.24) is 24.9 Å². The Morgan fingerprint density at radius 2 is 2.10 bits per heavy atom. The number of nitrogens with zero attached hydrogens (tertiary/aromatic N) is 4. The van der Waals surface area contributed by atoms with Crippen molar-refractivity contribution in [2.45, 2.75) is 12.7 Å². The molecule has 0 spiro atoms. The van der Waals surface area contributed by atoms with Gasteiger partial charge in [-0.3, -0.25) is 9.78 Å². The number of furan rings is 1. The SMILES string of the molecule is O=C(NCc1cccnc1)c1nn2c(C(F)(F)F)cc(-c3ccco3)nc2c1Cl. The molecule has 0 radical (unpaired) electrons. The second-order valence-corrected chi connectivity index (χ2v) is 6.32. The van der Waals surface area contributed by atoms with Gasteiger partial charge >= 0.3 is 6.18 Å². The van der Waals surface area contributed by atoms with Gasteiger partial charge in [0.2, 0.25) is 0 Å². The zero-order valence-electron chi connectivity index (χ0n) is 14.4. The minimum absolute atomic E-state index is 0.0843. The summed E-state index contributed by atoms with van der Waals surface area (Å²) >= 11 is 6.17. The van der Waals surface area contributed by atoms with Gasteiger partial charge in [-0.15, -0.1) is 0 Å². The standard InChI is InChI=1S/C18H11ClF3N5O2/c19-14-15(17(28)24-9-10-3-1-5-23-8-10)26-27-13(18(20,21)22)7-11(25-16(14)27)12-4-2-6-29-12/h1-8H,9H2,(H,24,28). The number of fused-ring (bicyclic) bond motifs is 1. The van der Waals surface area contributed by atoms with Gasteiger partial charge in [0.15, 0.2) is 22.8 Å². The highest BCUT2D eigenvalue weighted by Gasteiger charge is 2.37. The third kappa shape index (κ3) is 3.66. The predicted molar refractivity (Wildman–Crippen MR) is 96.1 cm³/mol. The highest BCUT2D eigenvalue weighted by atomic mass is 35.5. The number of halogens is 4. The molecule has 148 valence electrons. The van der Waals surface area contributed by atoms with Crippen LogP contribution in [0.2, 0.25) is 5.02 Å². The molecule has 4 aromatic heterocycles. The lowest BCUT2D eigenvalue weighted by Crippen LogP contribution is -2.23. The summed E-state index contributed by atoms with van der Waals surface area (Å²) in [7, 11) is 0. The minimum atomic E-state index is -4.76. The van der Waals surface area contributed by atoms with Crippen LogP contribution in [0.15, 0.2) is 53.4 Å². The summed E-state index contributed by atoms with van der Waals surface area (Å²) in [5.41, 5.74) is -1.19. The molecular formula is C18H11ClF3N5O2. The first-order valence-electron chi connectivity index (χ1n) is 8.22. The second-order valence-electron chi connectivity index (χ2n) is 5.94. The Morgan fingerprint density at radius 3 is 2.76 bits per heavy atom. The first-order chi connectivity index (χ1) is 13.8. The number of alkyl halides is 3. The molecule has 0 bridgehead atoms. The number of hydrogen-bond acceptors (Lipinski definition) is 5. The average Bonchev–Trinajstić information content (AvgIpc) is 3.34. The Labute approximate surface area is 166 Å². The van der Waals surface area contributed by atoms with Gasteiger partial charge in [0.1, 0.15) is 10.7 Å². The maximum absolute atomic E-state index is 13.6. The summed E-state index contributed by atoms with van der Waals surface area (Å²) in [5.74, 6) is -0.616. The fourth-order valence-corrected chi connectivity index (χ4v) is 2.90. The number of carbonyl (C=O) groups excluding carboxylic acids is 1. The molecule has 1 N–H and O–H groups in total. The van der Waals surface area contributed by atoms with E-state index in [9.17, 15) is 18.0 Å². The zero-order valence-corrected chi connectivity index (χ0v) is 15.2. The van der Waals surface area contributed by atoms with Crippen molar-refractivity contribution in [3.8, 4) is 11.5 Å². The molecule has 0 aromatic carbocycles. The molecule has 0 saturated heterocycles. The first-order valence-corrected chi connectivity index (χ1v) is 8.60. The first kappa shape index (κ1) is 18.9. The largest absolute Gasteiger partial charge is 0.463 e. The molecular weight excluding hydrogens is 411 g/mol. The molecule has 0 unspecified atom stereocenters. The van der Waals surface area contributed by atoms with Crippen molar-refractivity contribution in [1.29, 1.82) is 0 Å². The lowest BCUT2D eigenvalue weighted by molar-refractivity contribution is -0.142. The van der Waals surface area contributed by atoms with Crippen molar-refractivity contribution in [2.24, 2.45) is 0 Å². The van der Waals surface area contributed by atoms with Crippen molar-refractivity contribution in [2.75, 3.05) is 0 Å².